The first-order valence-electron chi connectivity index (χ1n) is 9.58. The van der Waals surface area contributed by atoms with Gasteiger partial charge in [0.15, 0.2) is 0 Å². The van der Waals surface area contributed by atoms with E-state index in [4.69, 9.17) is 0 Å². The number of hydrogen-bond donors (Lipinski definition) is 1. The molecule has 1 aromatic carbocycles. The predicted octanol–water partition coefficient (Wildman–Crippen LogP) is 3.23. The SMILES string of the molecule is C=CCN1CC2C(=O)N(c3ccc(C)c(C)c3)NC2(CCc2cccs2)C1=O. The lowest BCUT2D eigenvalue weighted by Crippen LogP contribution is -2.54. The molecule has 2 saturated heterocycles. The van der Waals surface area contributed by atoms with Crippen molar-refractivity contribution in [2.24, 2.45) is 5.92 Å². The largest absolute Gasteiger partial charge is 0.336 e. The van der Waals surface area contributed by atoms with Gasteiger partial charge in [0.1, 0.15) is 5.54 Å². The van der Waals surface area contributed by atoms with Crippen molar-refractivity contribution in [2.45, 2.75) is 32.2 Å². The molecule has 6 heteroatoms. The fourth-order valence-corrected chi connectivity index (χ4v) is 4.91. The average Bonchev–Trinajstić information content (AvgIpc) is 3.35. The van der Waals surface area contributed by atoms with Crippen molar-refractivity contribution in [3.8, 4) is 0 Å². The molecule has 1 N–H and O–H groups in total. The molecule has 28 heavy (non-hydrogen) atoms. The molecule has 0 radical (unpaired) electrons. The predicted molar refractivity (Wildman–Crippen MR) is 112 cm³/mol. The highest BCUT2D eigenvalue weighted by Crippen LogP contribution is 2.41. The van der Waals surface area contributed by atoms with E-state index in [1.54, 1.807) is 27.3 Å². The molecule has 0 aliphatic carbocycles. The summed E-state index contributed by atoms with van der Waals surface area (Å²) in [5.41, 5.74) is 5.55. The molecular formula is C22H25N3O2S. The number of nitrogens with zero attached hydrogens (tertiary/aromatic N) is 2. The molecule has 3 heterocycles. The highest BCUT2D eigenvalue weighted by atomic mass is 32.1. The van der Waals surface area contributed by atoms with E-state index >= 15 is 0 Å². The van der Waals surface area contributed by atoms with Crippen LogP contribution in [0.15, 0.2) is 48.4 Å². The lowest BCUT2D eigenvalue weighted by Gasteiger charge is -2.29. The van der Waals surface area contributed by atoms with Gasteiger partial charge in [0.05, 0.1) is 11.6 Å². The van der Waals surface area contributed by atoms with E-state index in [2.05, 4.69) is 18.1 Å². The Balaban J connectivity index is 1.67. The van der Waals surface area contributed by atoms with Crippen molar-refractivity contribution in [2.75, 3.05) is 18.1 Å². The quantitative estimate of drug-likeness (QED) is 0.764. The van der Waals surface area contributed by atoms with E-state index in [1.165, 1.54) is 10.4 Å². The summed E-state index contributed by atoms with van der Waals surface area (Å²) in [7, 11) is 0. The molecule has 2 aromatic rings. The lowest BCUT2D eigenvalue weighted by molar-refractivity contribution is -0.133. The molecule has 2 unspecified atom stereocenters. The van der Waals surface area contributed by atoms with Crippen molar-refractivity contribution < 1.29 is 9.59 Å². The van der Waals surface area contributed by atoms with Gasteiger partial charge < -0.3 is 4.90 Å². The molecule has 4 rings (SSSR count). The number of hydrogen-bond acceptors (Lipinski definition) is 4. The first kappa shape index (κ1) is 18.9. The van der Waals surface area contributed by atoms with E-state index in [-0.39, 0.29) is 17.7 Å². The average molecular weight is 396 g/mol. The van der Waals surface area contributed by atoms with E-state index < -0.39 is 5.54 Å². The fraction of sp³-hybridized carbons (Fsp3) is 0.364. The number of carbonyl (C=O) groups is 2. The van der Waals surface area contributed by atoms with Crippen LogP contribution in [0.1, 0.15) is 22.4 Å². The molecule has 2 fully saturated rings. The summed E-state index contributed by atoms with van der Waals surface area (Å²) in [6.07, 6.45) is 3.08. The molecule has 146 valence electrons. The molecule has 0 saturated carbocycles. The van der Waals surface area contributed by atoms with Gasteiger partial charge in [-0.15, -0.1) is 17.9 Å². The molecule has 1 aromatic heterocycles. The molecule has 2 aliphatic rings. The van der Waals surface area contributed by atoms with Crippen LogP contribution in [0.5, 0.6) is 0 Å². The number of aryl methyl sites for hydroxylation is 3. The van der Waals surface area contributed by atoms with Crippen molar-refractivity contribution in [1.82, 2.24) is 10.3 Å². The Morgan fingerprint density at radius 1 is 1.29 bits per heavy atom. The lowest BCUT2D eigenvalue weighted by atomic mass is 9.84. The Hall–Kier alpha value is -2.44. The Labute approximate surface area is 169 Å². The van der Waals surface area contributed by atoms with Crippen LogP contribution in [-0.4, -0.2) is 35.3 Å². The van der Waals surface area contributed by atoms with Crippen LogP contribution < -0.4 is 10.4 Å². The van der Waals surface area contributed by atoms with Gasteiger partial charge >= 0.3 is 0 Å². The number of anilines is 1. The van der Waals surface area contributed by atoms with E-state index in [0.717, 1.165) is 17.7 Å². The summed E-state index contributed by atoms with van der Waals surface area (Å²) in [5, 5.41) is 3.63. The first-order chi connectivity index (χ1) is 13.5. The first-order valence-corrected chi connectivity index (χ1v) is 10.5. The standard InChI is InChI=1S/C22H25N3O2S/c1-4-11-24-14-19-20(26)25(17-8-7-15(2)16(3)13-17)23-22(19,21(24)27)10-9-18-6-5-12-28-18/h4-8,12-13,19,23H,1,9-11,14H2,2-3H3. The fourth-order valence-electron chi connectivity index (χ4n) is 4.20. The van der Waals surface area contributed by atoms with Gasteiger partial charge in [-0.2, -0.15) is 0 Å². The minimum atomic E-state index is -0.886. The number of amides is 2. The Bertz CT molecular complexity index is 924. The van der Waals surface area contributed by atoms with Gasteiger partial charge in [-0.1, -0.05) is 18.2 Å². The number of thiophene rings is 1. The van der Waals surface area contributed by atoms with Crippen LogP contribution in [0.2, 0.25) is 0 Å². The molecule has 5 nitrogen and oxygen atoms in total. The number of carbonyl (C=O) groups excluding carboxylic acids is 2. The maximum atomic E-state index is 13.3. The molecule has 0 bridgehead atoms. The highest BCUT2D eigenvalue weighted by molar-refractivity contribution is 7.09. The van der Waals surface area contributed by atoms with Gasteiger partial charge in [0.25, 0.3) is 0 Å². The van der Waals surface area contributed by atoms with Crippen LogP contribution in [0.25, 0.3) is 0 Å². The second-order valence-electron chi connectivity index (χ2n) is 7.66. The molecule has 2 atom stereocenters. The second-order valence-corrected chi connectivity index (χ2v) is 8.69. The normalized spacial score (nSPS) is 24.1. The smallest absolute Gasteiger partial charge is 0.248 e. The topological polar surface area (TPSA) is 52.7 Å². The minimum Gasteiger partial charge on any atom is -0.336 e. The van der Waals surface area contributed by atoms with Crippen molar-refractivity contribution in [1.29, 1.82) is 0 Å². The molecule has 2 aliphatic heterocycles. The van der Waals surface area contributed by atoms with Gasteiger partial charge in [0.2, 0.25) is 11.8 Å². The van der Waals surface area contributed by atoms with Gasteiger partial charge in [-0.3, -0.25) is 9.59 Å². The number of benzene rings is 1. The van der Waals surface area contributed by atoms with Crippen LogP contribution >= 0.6 is 11.3 Å². The van der Waals surface area contributed by atoms with Crippen molar-refractivity contribution in [3.05, 3.63) is 64.4 Å². The summed E-state index contributed by atoms with van der Waals surface area (Å²) in [5.74, 6) is -0.426. The van der Waals surface area contributed by atoms with Gasteiger partial charge in [0, 0.05) is 18.0 Å². The van der Waals surface area contributed by atoms with Crippen molar-refractivity contribution in [3.63, 3.8) is 0 Å². The van der Waals surface area contributed by atoms with E-state index in [1.807, 2.05) is 43.5 Å². The summed E-state index contributed by atoms with van der Waals surface area (Å²) >= 11 is 1.68. The van der Waals surface area contributed by atoms with Gasteiger partial charge in [-0.25, -0.2) is 10.4 Å². The highest BCUT2D eigenvalue weighted by Gasteiger charge is 2.62. The van der Waals surface area contributed by atoms with Crippen LogP contribution in [0, 0.1) is 19.8 Å². The monoisotopic (exact) mass is 395 g/mol. The molecular weight excluding hydrogens is 370 g/mol. The zero-order chi connectivity index (χ0) is 19.9. The molecule has 0 spiro atoms. The number of rotatable bonds is 6. The summed E-state index contributed by atoms with van der Waals surface area (Å²) in [6, 6.07) is 10.0. The maximum Gasteiger partial charge on any atom is 0.248 e. The Kier molecular flexibility index (Phi) is 4.85. The number of fused-ring (bicyclic) bond motifs is 1. The van der Waals surface area contributed by atoms with Gasteiger partial charge in [-0.05, 0) is 61.4 Å². The summed E-state index contributed by atoms with van der Waals surface area (Å²) < 4.78 is 0. The number of likely N-dealkylation sites (tertiary alicyclic amines) is 1. The Morgan fingerprint density at radius 2 is 2.11 bits per heavy atom. The number of hydrazine groups is 1. The van der Waals surface area contributed by atoms with E-state index in [9.17, 15) is 9.59 Å². The Morgan fingerprint density at radius 3 is 2.79 bits per heavy atom. The zero-order valence-corrected chi connectivity index (χ0v) is 17.1. The van der Waals surface area contributed by atoms with Crippen LogP contribution in [0.3, 0.4) is 0 Å². The number of nitrogens with one attached hydrogen (secondary N) is 1. The third-order valence-corrected chi connectivity index (χ3v) is 6.88. The van der Waals surface area contributed by atoms with Crippen molar-refractivity contribution >= 4 is 28.8 Å². The third-order valence-electron chi connectivity index (χ3n) is 5.94. The molecule has 2 amide bonds. The van der Waals surface area contributed by atoms with Crippen LogP contribution in [-0.2, 0) is 16.0 Å². The zero-order valence-electron chi connectivity index (χ0n) is 16.3. The minimum absolute atomic E-state index is 0.00589. The maximum absolute atomic E-state index is 13.3. The second kappa shape index (κ2) is 7.18. The third kappa shape index (κ3) is 2.97. The van der Waals surface area contributed by atoms with E-state index in [0.29, 0.717) is 19.5 Å². The summed E-state index contributed by atoms with van der Waals surface area (Å²) in [6.45, 7) is 8.73. The summed E-state index contributed by atoms with van der Waals surface area (Å²) in [4.78, 5) is 29.6. The van der Waals surface area contributed by atoms with Crippen LogP contribution in [0.4, 0.5) is 5.69 Å².